The first-order chi connectivity index (χ1) is 26.9. The minimum atomic E-state index is -1.32. The summed E-state index contributed by atoms with van der Waals surface area (Å²) in [5.74, 6) is -4.35. The van der Waals surface area contributed by atoms with E-state index in [1.165, 1.54) is 13.8 Å². The summed E-state index contributed by atoms with van der Waals surface area (Å²) >= 11 is 0. The van der Waals surface area contributed by atoms with Gasteiger partial charge in [0.15, 0.2) is 6.04 Å². The minimum absolute atomic E-state index is 0.0435. The van der Waals surface area contributed by atoms with Crippen LogP contribution < -0.4 is 42.5 Å². The lowest BCUT2D eigenvalue weighted by molar-refractivity contribution is -0.146. The first-order valence-corrected chi connectivity index (χ1v) is 20.5. The van der Waals surface area contributed by atoms with Crippen LogP contribution in [0.1, 0.15) is 93.9 Å². The molecule has 1 fully saturated rings. The second-order valence-electron chi connectivity index (χ2n) is 16.2. The SMILES string of the molecule is COC(=O)[C@H](CO)NC(=O)[C@H](CC(C)C)NC(=O)[C@H](C)NC(=O)[C@H](CC(C)C)NC(=O)[C@H](C)NC(=O)[C@H](CC(C)C)NC(=O)CN1CCCNCCCNCCC1. The second-order valence-corrected chi connectivity index (χ2v) is 16.2. The summed E-state index contributed by atoms with van der Waals surface area (Å²) in [6.07, 6.45) is 3.63. The summed E-state index contributed by atoms with van der Waals surface area (Å²) in [5, 5.41) is 32.2. The van der Waals surface area contributed by atoms with E-state index in [1.807, 2.05) is 41.5 Å². The Morgan fingerprint density at radius 3 is 1.30 bits per heavy atom. The van der Waals surface area contributed by atoms with Gasteiger partial charge in [-0.15, -0.1) is 0 Å². The summed E-state index contributed by atoms with van der Waals surface area (Å²) in [7, 11) is 1.12. The third-order valence-corrected chi connectivity index (χ3v) is 9.26. The molecule has 0 spiro atoms. The molecule has 0 unspecified atom stereocenters. The van der Waals surface area contributed by atoms with E-state index in [2.05, 4.69) is 52.2 Å². The van der Waals surface area contributed by atoms with E-state index in [4.69, 9.17) is 0 Å². The summed E-state index contributed by atoms with van der Waals surface area (Å²) < 4.78 is 4.60. The standard InChI is InChI=1S/C39H73N9O9/c1-24(2)19-29(44-33(50)22-48-17-11-15-40-13-10-14-41-16-12-18-48)36(53)42-27(7)34(51)45-30(20-25(3)4)37(54)43-28(8)35(52)46-31(21-26(5)6)38(55)47-32(23-49)39(56)57-9/h24-32,40-41,49H,10-23H2,1-9H3,(H,42,53)(H,43,54)(H,44,50)(H,45,51)(H,46,52)(H,47,55)/t27-,28-,29-,30-,31-,32-/m0/s1. The molecule has 1 aliphatic rings. The van der Waals surface area contributed by atoms with Gasteiger partial charge in [-0.3, -0.25) is 33.7 Å². The van der Waals surface area contributed by atoms with E-state index in [-0.39, 0.29) is 43.0 Å². The molecule has 1 aliphatic heterocycles. The molecule has 0 aliphatic carbocycles. The zero-order valence-corrected chi connectivity index (χ0v) is 35.8. The predicted molar refractivity (Wildman–Crippen MR) is 216 cm³/mol. The Balaban J connectivity index is 2.93. The van der Waals surface area contributed by atoms with Crippen molar-refractivity contribution >= 4 is 41.4 Å². The number of carbonyl (C=O) groups excluding carboxylic acids is 7. The summed E-state index contributed by atoms with van der Waals surface area (Å²) in [5.41, 5.74) is 0. The molecule has 0 radical (unpaired) electrons. The van der Waals surface area contributed by atoms with Crippen LogP contribution in [-0.4, -0.2) is 147 Å². The van der Waals surface area contributed by atoms with Crippen molar-refractivity contribution in [2.45, 2.75) is 130 Å². The number of nitrogens with one attached hydrogen (secondary N) is 8. The fourth-order valence-corrected chi connectivity index (χ4v) is 6.21. The number of methoxy groups -OCH3 is 1. The first-order valence-electron chi connectivity index (χ1n) is 20.5. The zero-order chi connectivity index (χ0) is 43.1. The quantitative estimate of drug-likeness (QED) is 0.0628. The van der Waals surface area contributed by atoms with Gasteiger partial charge in [0.2, 0.25) is 35.4 Å². The maximum absolute atomic E-state index is 13.5. The summed E-state index contributed by atoms with van der Waals surface area (Å²) in [6, 6.07) is -6.55. The molecule has 1 heterocycles. The summed E-state index contributed by atoms with van der Waals surface area (Å²) in [6.45, 7) is 18.7. The number of aliphatic hydroxyl groups excluding tert-OH is 1. The van der Waals surface area contributed by atoms with Gasteiger partial charge in [-0.2, -0.15) is 0 Å². The molecule has 6 amide bonds. The Labute approximate surface area is 339 Å². The van der Waals surface area contributed by atoms with Crippen LogP contribution in [0.2, 0.25) is 0 Å². The van der Waals surface area contributed by atoms with Crippen molar-refractivity contribution in [2.24, 2.45) is 17.8 Å². The number of nitrogens with zero attached hydrogens (tertiary/aromatic N) is 1. The number of hydrogen-bond acceptors (Lipinski definition) is 12. The Hall–Kier alpha value is -3.87. The van der Waals surface area contributed by atoms with Crippen molar-refractivity contribution in [3.63, 3.8) is 0 Å². The van der Waals surface area contributed by atoms with Crippen LogP contribution in [0.4, 0.5) is 0 Å². The monoisotopic (exact) mass is 812 g/mol. The number of carbonyl (C=O) groups is 7. The smallest absolute Gasteiger partial charge is 0.330 e. The van der Waals surface area contributed by atoms with E-state index in [0.29, 0.717) is 6.42 Å². The number of ether oxygens (including phenoxy) is 1. The summed E-state index contributed by atoms with van der Waals surface area (Å²) in [4.78, 5) is 93.8. The molecule has 1 saturated heterocycles. The molecular formula is C39H73N9O9. The topological polar surface area (TPSA) is 248 Å². The largest absolute Gasteiger partial charge is 0.467 e. The molecule has 0 aromatic rings. The van der Waals surface area contributed by atoms with Crippen LogP contribution in [0.5, 0.6) is 0 Å². The molecule has 9 N–H and O–H groups in total. The molecule has 57 heavy (non-hydrogen) atoms. The highest BCUT2D eigenvalue weighted by atomic mass is 16.5. The number of hydrogen-bond donors (Lipinski definition) is 9. The van der Waals surface area contributed by atoms with Crippen molar-refractivity contribution < 1.29 is 43.4 Å². The van der Waals surface area contributed by atoms with Gasteiger partial charge >= 0.3 is 5.97 Å². The molecule has 1 rings (SSSR count). The van der Waals surface area contributed by atoms with Crippen LogP contribution in [0, 0.1) is 17.8 Å². The van der Waals surface area contributed by atoms with Gasteiger partial charge < -0.3 is 52.4 Å². The number of amides is 6. The minimum Gasteiger partial charge on any atom is -0.467 e. The Morgan fingerprint density at radius 1 is 0.544 bits per heavy atom. The molecule has 0 aromatic carbocycles. The van der Waals surface area contributed by atoms with Crippen LogP contribution in [0.3, 0.4) is 0 Å². The van der Waals surface area contributed by atoms with Gasteiger partial charge in [0.05, 0.1) is 20.3 Å². The maximum atomic E-state index is 13.5. The van der Waals surface area contributed by atoms with Gasteiger partial charge in [-0.25, -0.2) is 4.79 Å². The van der Waals surface area contributed by atoms with E-state index in [0.717, 1.165) is 65.6 Å². The number of esters is 1. The van der Waals surface area contributed by atoms with E-state index >= 15 is 0 Å². The normalized spacial score (nSPS) is 17.7. The lowest BCUT2D eigenvalue weighted by Gasteiger charge is -2.27. The highest BCUT2D eigenvalue weighted by Gasteiger charge is 2.32. The Morgan fingerprint density at radius 2 is 0.912 bits per heavy atom. The average molecular weight is 812 g/mol. The molecule has 0 bridgehead atoms. The van der Waals surface area contributed by atoms with Crippen molar-refractivity contribution in [1.29, 1.82) is 0 Å². The molecule has 0 aromatic heterocycles. The fraction of sp³-hybridized carbons (Fsp3) is 0.821. The second kappa shape index (κ2) is 27.7. The average Bonchev–Trinajstić information content (AvgIpc) is 3.12. The number of rotatable bonds is 21. The van der Waals surface area contributed by atoms with E-state index in [1.54, 1.807) is 0 Å². The highest BCUT2D eigenvalue weighted by Crippen LogP contribution is 2.10. The molecule has 18 nitrogen and oxygen atoms in total. The predicted octanol–water partition coefficient (Wildman–Crippen LogP) is -1.10. The van der Waals surface area contributed by atoms with Crippen LogP contribution in [-0.2, 0) is 38.3 Å². The molecule has 6 atom stereocenters. The first kappa shape index (κ1) is 51.1. The van der Waals surface area contributed by atoms with Gasteiger partial charge in [0.25, 0.3) is 0 Å². The van der Waals surface area contributed by atoms with Crippen LogP contribution >= 0.6 is 0 Å². The van der Waals surface area contributed by atoms with Crippen molar-refractivity contribution in [3.8, 4) is 0 Å². The molecule has 328 valence electrons. The fourth-order valence-electron chi connectivity index (χ4n) is 6.21. The molecule has 18 heteroatoms. The maximum Gasteiger partial charge on any atom is 0.330 e. The van der Waals surface area contributed by atoms with E-state index < -0.39 is 78.4 Å². The highest BCUT2D eigenvalue weighted by molar-refractivity contribution is 5.96. The Bertz CT molecular complexity index is 1270. The van der Waals surface area contributed by atoms with Gasteiger partial charge in [-0.1, -0.05) is 41.5 Å². The molecule has 0 saturated carbocycles. The Kier molecular flexibility index (Phi) is 24.9. The van der Waals surface area contributed by atoms with Gasteiger partial charge in [0.1, 0.15) is 30.2 Å². The van der Waals surface area contributed by atoms with E-state index in [9.17, 15) is 38.7 Å². The third kappa shape index (κ3) is 21.5. The van der Waals surface area contributed by atoms with Gasteiger partial charge in [-0.05, 0) is 109 Å². The van der Waals surface area contributed by atoms with Crippen molar-refractivity contribution in [3.05, 3.63) is 0 Å². The van der Waals surface area contributed by atoms with Gasteiger partial charge in [0, 0.05) is 0 Å². The lowest BCUT2D eigenvalue weighted by atomic mass is 10.0. The number of aliphatic hydroxyl groups is 1. The van der Waals surface area contributed by atoms with Crippen LogP contribution in [0.15, 0.2) is 0 Å². The van der Waals surface area contributed by atoms with Crippen molar-refractivity contribution in [2.75, 3.05) is 59.5 Å². The van der Waals surface area contributed by atoms with Crippen molar-refractivity contribution in [1.82, 2.24) is 47.4 Å². The third-order valence-electron chi connectivity index (χ3n) is 9.26. The zero-order valence-electron chi connectivity index (χ0n) is 35.8. The molecular weight excluding hydrogens is 738 g/mol. The lowest BCUT2D eigenvalue weighted by Crippen LogP contribution is -2.59. The van der Waals surface area contributed by atoms with Crippen LogP contribution in [0.25, 0.3) is 0 Å².